The predicted molar refractivity (Wildman–Crippen MR) is 110 cm³/mol. The van der Waals surface area contributed by atoms with Gasteiger partial charge in [0, 0.05) is 30.1 Å². The summed E-state index contributed by atoms with van der Waals surface area (Å²) in [7, 11) is 3.80. The van der Waals surface area contributed by atoms with E-state index >= 15 is 0 Å². The van der Waals surface area contributed by atoms with Gasteiger partial charge in [0.25, 0.3) is 5.91 Å². The van der Waals surface area contributed by atoms with Crippen molar-refractivity contribution in [2.24, 2.45) is 0 Å². The number of anilines is 1. The number of carbonyl (C=O) groups excluding carboxylic acids is 1. The molecule has 3 rings (SSSR count). The van der Waals surface area contributed by atoms with Crippen LogP contribution in [0.1, 0.15) is 4.88 Å². The number of aromatic nitrogens is 1. The van der Waals surface area contributed by atoms with E-state index in [9.17, 15) is 19.3 Å². The normalized spacial score (nSPS) is 11.6. The summed E-state index contributed by atoms with van der Waals surface area (Å²) in [5.41, 5.74) is 0.627. The molecule has 0 aliphatic heterocycles. The maximum atomic E-state index is 13.5. The fraction of sp³-hybridized carbons (Fsp3) is 0.222. The van der Waals surface area contributed by atoms with Gasteiger partial charge in [-0.3, -0.25) is 19.8 Å². The van der Waals surface area contributed by atoms with Crippen molar-refractivity contribution >= 4 is 55.0 Å². The van der Waals surface area contributed by atoms with Crippen LogP contribution >= 0.6 is 22.7 Å². The van der Waals surface area contributed by atoms with Crippen LogP contribution in [0.3, 0.4) is 0 Å². The van der Waals surface area contributed by atoms with E-state index in [-0.39, 0.29) is 16.7 Å². The summed E-state index contributed by atoms with van der Waals surface area (Å²) in [5.74, 6) is -0.648. The quantitative estimate of drug-likeness (QED) is 0.328. The summed E-state index contributed by atoms with van der Waals surface area (Å²) in [6, 6.07) is 7.31. The van der Waals surface area contributed by atoms with Crippen LogP contribution in [0.15, 0.2) is 36.4 Å². The van der Waals surface area contributed by atoms with E-state index in [1.807, 2.05) is 19.0 Å². The van der Waals surface area contributed by atoms with Crippen molar-refractivity contribution in [2.75, 3.05) is 32.1 Å². The molecule has 3 aromatic rings. The molecule has 0 unspecified atom stereocenters. The number of halogens is 1. The third kappa shape index (κ3) is 4.77. The summed E-state index contributed by atoms with van der Waals surface area (Å²) in [5, 5.41) is 11.3. The average molecular weight is 420 g/mol. The largest absolute Gasteiger partial charge is 0.324 e. The number of rotatable bonds is 7. The molecular weight excluding hydrogens is 403 g/mol. The lowest BCUT2D eigenvalue weighted by atomic mass is 10.3. The van der Waals surface area contributed by atoms with Crippen molar-refractivity contribution in [2.45, 2.75) is 0 Å². The van der Waals surface area contributed by atoms with Gasteiger partial charge in [-0.2, -0.15) is 0 Å². The Morgan fingerprint density at radius 2 is 2.04 bits per heavy atom. The lowest BCUT2D eigenvalue weighted by molar-refractivity contribution is -0.380. The number of amides is 1. The zero-order valence-electron chi connectivity index (χ0n) is 15.2. The maximum absolute atomic E-state index is 13.5. The van der Waals surface area contributed by atoms with Crippen molar-refractivity contribution in [3.63, 3.8) is 0 Å². The van der Waals surface area contributed by atoms with Gasteiger partial charge in [0.1, 0.15) is 5.82 Å². The summed E-state index contributed by atoms with van der Waals surface area (Å²) in [4.78, 5) is 31.7. The fourth-order valence-electron chi connectivity index (χ4n) is 2.38. The Labute approximate surface area is 168 Å². The molecule has 0 atom stereocenters. The number of fused-ring (bicyclic) bond motifs is 1. The van der Waals surface area contributed by atoms with Crippen LogP contribution < -0.4 is 4.90 Å². The van der Waals surface area contributed by atoms with Gasteiger partial charge in [-0.1, -0.05) is 22.7 Å². The molecule has 7 nitrogen and oxygen atoms in total. The number of likely N-dealkylation sites (N-methyl/N-ethyl adjacent to an activating group) is 1. The van der Waals surface area contributed by atoms with E-state index in [0.717, 1.165) is 11.3 Å². The Balaban J connectivity index is 1.85. The lowest BCUT2D eigenvalue weighted by Crippen LogP contribution is -2.35. The van der Waals surface area contributed by atoms with E-state index in [4.69, 9.17) is 0 Å². The Morgan fingerprint density at radius 1 is 1.25 bits per heavy atom. The number of thiazole rings is 1. The number of hydrogen-bond donors (Lipinski definition) is 0. The highest BCUT2D eigenvalue weighted by Gasteiger charge is 2.18. The monoisotopic (exact) mass is 420 g/mol. The van der Waals surface area contributed by atoms with Crippen LogP contribution in [0.4, 0.5) is 14.5 Å². The Bertz CT molecular complexity index is 1040. The van der Waals surface area contributed by atoms with E-state index < -0.39 is 4.92 Å². The molecule has 1 aromatic carbocycles. The highest BCUT2D eigenvalue weighted by Crippen LogP contribution is 2.30. The van der Waals surface area contributed by atoms with Gasteiger partial charge in [-0.15, -0.1) is 0 Å². The van der Waals surface area contributed by atoms with Crippen molar-refractivity contribution in [1.29, 1.82) is 0 Å². The molecule has 0 saturated heterocycles. The number of nitrogens with zero attached hydrogens (tertiary/aromatic N) is 4. The van der Waals surface area contributed by atoms with Gasteiger partial charge in [0.05, 0.1) is 15.1 Å². The van der Waals surface area contributed by atoms with Crippen molar-refractivity contribution < 1.29 is 14.1 Å². The molecule has 10 heteroatoms. The zero-order chi connectivity index (χ0) is 20.3. The van der Waals surface area contributed by atoms with Crippen LogP contribution in [0, 0.1) is 15.9 Å². The molecule has 2 aromatic heterocycles. The minimum atomic E-state index is -0.465. The molecule has 0 aliphatic carbocycles. The first kappa shape index (κ1) is 20.1. The lowest BCUT2D eigenvalue weighted by Gasteiger charge is -2.20. The average Bonchev–Trinajstić information content (AvgIpc) is 3.26. The molecule has 0 spiro atoms. The highest BCUT2D eigenvalue weighted by atomic mass is 32.1. The Hall–Kier alpha value is -2.69. The molecule has 0 fully saturated rings. The molecule has 0 radical (unpaired) electrons. The van der Waals surface area contributed by atoms with E-state index in [1.54, 1.807) is 18.2 Å². The molecule has 0 bridgehead atoms. The standard InChI is InChI=1S/C18H17FN4O3S2/c1-21(2)9-10-22(18-20-14-6-3-12(19)11-15(14)28-18)16(24)7-4-13-5-8-17(27-13)23(25)26/h3-8,11H,9-10H2,1-2H3/b7-4+. The van der Waals surface area contributed by atoms with Crippen LogP contribution in [0.5, 0.6) is 0 Å². The second kappa shape index (κ2) is 8.55. The van der Waals surface area contributed by atoms with Gasteiger partial charge in [0.2, 0.25) is 0 Å². The van der Waals surface area contributed by atoms with Gasteiger partial charge in [0.15, 0.2) is 5.13 Å². The molecule has 1 amide bonds. The first-order chi connectivity index (χ1) is 13.3. The topological polar surface area (TPSA) is 79.6 Å². The molecule has 0 N–H and O–H groups in total. The number of hydrogen-bond acceptors (Lipinski definition) is 7. The number of benzene rings is 1. The van der Waals surface area contributed by atoms with Gasteiger partial charge in [-0.05, 0) is 44.4 Å². The minimum absolute atomic E-state index is 0.0183. The maximum Gasteiger partial charge on any atom is 0.324 e. The summed E-state index contributed by atoms with van der Waals surface area (Å²) >= 11 is 2.24. The molecule has 28 heavy (non-hydrogen) atoms. The van der Waals surface area contributed by atoms with Crippen molar-refractivity contribution in [1.82, 2.24) is 9.88 Å². The van der Waals surface area contributed by atoms with E-state index in [2.05, 4.69) is 4.98 Å². The van der Waals surface area contributed by atoms with Gasteiger partial charge < -0.3 is 4.90 Å². The van der Waals surface area contributed by atoms with Crippen molar-refractivity contribution in [3.8, 4) is 0 Å². The van der Waals surface area contributed by atoms with Gasteiger partial charge in [-0.25, -0.2) is 9.37 Å². The second-order valence-electron chi connectivity index (χ2n) is 6.17. The predicted octanol–water partition coefficient (Wildman–Crippen LogP) is 4.01. The second-order valence-corrected chi connectivity index (χ2v) is 8.27. The Kier molecular flexibility index (Phi) is 6.12. The van der Waals surface area contributed by atoms with E-state index in [0.29, 0.717) is 33.3 Å². The summed E-state index contributed by atoms with van der Waals surface area (Å²) < 4.78 is 14.1. The number of nitro groups is 1. The van der Waals surface area contributed by atoms with Crippen LogP contribution in [0.25, 0.3) is 16.3 Å². The van der Waals surface area contributed by atoms with Crippen LogP contribution in [-0.2, 0) is 4.79 Å². The van der Waals surface area contributed by atoms with Crippen LogP contribution in [-0.4, -0.2) is 47.9 Å². The number of thiophene rings is 1. The summed E-state index contributed by atoms with van der Waals surface area (Å²) in [6.45, 7) is 1.03. The first-order valence-electron chi connectivity index (χ1n) is 8.28. The fourth-order valence-corrected chi connectivity index (χ4v) is 4.12. The first-order valence-corrected chi connectivity index (χ1v) is 9.91. The third-order valence-electron chi connectivity index (χ3n) is 3.79. The molecule has 146 valence electrons. The Morgan fingerprint density at radius 3 is 2.71 bits per heavy atom. The minimum Gasteiger partial charge on any atom is -0.308 e. The third-order valence-corrected chi connectivity index (χ3v) is 5.83. The zero-order valence-corrected chi connectivity index (χ0v) is 16.8. The van der Waals surface area contributed by atoms with Crippen LogP contribution in [0.2, 0.25) is 0 Å². The van der Waals surface area contributed by atoms with Gasteiger partial charge >= 0.3 is 5.00 Å². The number of carbonyl (C=O) groups is 1. The summed E-state index contributed by atoms with van der Waals surface area (Å²) in [6.07, 6.45) is 2.92. The SMILES string of the molecule is CN(C)CCN(C(=O)/C=C/c1ccc([N+](=O)[O-])s1)c1nc2ccc(F)cc2s1. The smallest absolute Gasteiger partial charge is 0.308 e. The molecule has 0 aliphatic rings. The highest BCUT2D eigenvalue weighted by molar-refractivity contribution is 7.22. The molecule has 2 heterocycles. The molecule has 0 saturated carbocycles. The van der Waals surface area contributed by atoms with E-state index in [1.165, 1.54) is 40.5 Å². The molecular formula is C18H17FN4O3S2. The van der Waals surface area contributed by atoms with Crippen molar-refractivity contribution in [3.05, 3.63) is 57.2 Å².